The number of anilines is 1. The van der Waals surface area contributed by atoms with Crippen LogP contribution in [0.15, 0.2) is 42.5 Å². The van der Waals surface area contributed by atoms with Crippen molar-refractivity contribution in [2.75, 3.05) is 5.32 Å². The Kier molecular flexibility index (Phi) is 6.54. The van der Waals surface area contributed by atoms with Gasteiger partial charge < -0.3 is 15.1 Å². The van der Waals surface area contributed by atoms with Gasteiger partial charge in [0.15, 0.2) is 0 Å². The maximum atomic E-state index is 11.3. The van der Waals surface area contributed by atoms with Crippen molar-refractivity contribution in [1.82, 2.24) is 0 Å². The molecule has 0 heterocycles. The van der Waals surface area contributed by atoms with Gasteiger partial charge in [0.05, 0.1) is 5.92 Å². The van der Waals surface area contributed by atoms with Crippen LogP contribution in [0.4, 0.5) is 5.69 Å². The fourth-order valence-corrected chi connectivity index (χ4v) is 2.55. The normalized spacial score (nSPS) is 13.5. The zero-order valence-electron chi connectivity index (χ0n) is 11.6. The number of benzene rings is 2. The Morgan fingerprint density at radius 1 is 1.09 bits per heavy atom. The minimum atomic E-state index is -0.232. The molecule has 1 aliphatic rings. The van der Waals surface area contributed by atoms with E-state index < -0.39 is 0 Å². The second-order valence-electron chi connectivity index (χ2n) is 4.52. The van der Waals surface area contributed by atoms with Crippen LogP contribution in [0.2, 0.25) is 6.82 Å². The van der Waals surface area contributed by atoms with Crippen molar-refractivity contribution in [2.24, 2.45) is 0 Å². The van der Waals surface area contributed by atoms with Gasteiger partial charge in [-0.25, -0.2) is 0 Å². The fourth-order valence-electron chi connectivity index (χ4n) is 2.55. The van der Waals surface area contributed by atoms with Gasteiger partial charge in [-0.15, -0.1) is 0 Å². The number of nitrogens with one attached hydrogen (secondary N) is 1. The second kappa shape index (κ2) is 8.15. The fraction of sp³-hybridized carbons (Fsp3) is 0.176. The lowest BCUT2D eigenvalue weighted by Gasteiger charge is -2.06. The number of carbonyl (C=O) groups is 2. The van der Waals surface area contributed by atoms with Crippen molar-refractivity contribution >= 4 is 25.9 Å². The van der Waals surface area contributed by atoms with Crippen LogP contribution in [0.1, 0.15) is 24.5 Å². The van der Waals surface area contributed by atoms with Gasteiger partial charge >= 0.3 is 0 Å². The number of hydrogen-bond donors (Lipinski definition) is 2. The third kappa shape index (κ3) is 3.26. The summed E-state index contributed by atoms with van der Waals surface area (Å²) >= 11 is 0. The van der Waals surface area contributed by atoms with Crippen molar-refractivity contribution in [1.29, 1.82) is 0 Å². The third-order valence-corrected chi connectivity index (χ3v) is 3.33. The quantitative estimate of drug-likeness (QED) is 0.676. The zero-order valence-corrected chi connectivity index (χ0v) is 11.6. The first-order valence-corrected chi connectivity index (χ1v) is 6.57. The summed E-state index contributed by atoms with van der Waals surface area (Å²) in [4.78, 5) is 21.8. The van der Waals surface area contributed by atoms with Gasteiger partial charge in [-0.3, -0.25) is 4.79 Å². The Balaban J connectivity index is 0.000000562. The molecule has 4 nitrogen and oxygen atoms in total. The molecular weight excluding hydrogens is 277 g/mol. The van der Waals surface area contributed by atoms with Crippen molar-refractivity contribution in [3.63, 3.8) is 0 Å². The van der Waals surface area contributed by atoms with Gasteiger partial charge in [0.2, 0.25) is 6.41 Å². The highest BCUT2D eigenvalue weighted by Gasteiger charge is 2.27. The second-order valence-corrected chi connectivity index (χ2v) is 4.52. The average molecular weight is 296 g/mol. The molecule has 113 valence electrons. The molecular formula is C17H19BNO3. The van der Waals surface area contributed by atoms with Gasteiger partial charge in [0.25, 0.3) is 7.48 Å². The first-order valence-electron chi connectivity index (χ1n) is 6.57. The predicted octanol–water partition coefficient (Wildman–Crippen LogP) is 2.85. The molecule has 0 aliphatic heterocycles. The standard InChI is InChI=1S/C15H11NO2.CH4BO.CH4/c17-8-15-12-4-2-1-3-11(12)13-6-5-10(16-9-18)7-14(13)15;1-2-3;/h1-9,15H,(H,16,18);3H,1H3;1H4. The molecule has 0 spiro atoms. The summed E-state index contributed by atoms with van der Waals surface area (Å²) in [5, 5.41) is 10.1. The molecule has 2 aromatic rings. The molecule has 0 aromatic heterocycles. The monoisotopic (exact) mass is 296 g/mol. The molecule has 1 radical (unpaired) electrons. The number of amides is 1. The molecule has 0 saturated carbocycles. The maximum Gasteiger partial charge on any atom is 0.283 e. The van der Waals surface area contributed by atoms with Gasteiger partial charge in [0.1, 0.15) is 6.29 Å². The number of fused-ring (bicyclic) bond motifs is 3. The van der Waals surface area contributed by atoms with Crippen LogP contribution in [0.25, 0.3) is 11.1 Å². The van der Waals surface area contributed by atoms with Gasteiger partial charge in [-0.2, -0.15) is 0 Å². The van der Waals surface area contributed by atoms with E-state index in [4.69, 9.17) is 5.02 Å². The van der Waals surface area contributed by atoms with E-state index in [0.29, 0.717) is 12.1 Å². The molecule has 1 unspecified atom stereocenters. The summed E-state index contributed by atoms with van der Waals surface area (Å²) in [7, 11) is 1.00. The Labute approximate surface area is 131 Å². The Morgan fingerprint density at radius 2 is 1.73 bits per heavy atom. The van der Waals surface area contributed by atoms with E-state index in [0.717, 1.165) is 36.0 Å². The minimum absolute atomic E-state index is 0. The molecule has 22 heavy (non-hydrogen) atoms. The molecule has 0 fully saturated rings. The van der Waals surface area contributed by atoms with Gasteiger partial charge in [-0.1, -0.05) is 44.6 Å². The van der Waals surface area contributed by atoms with E-state index in [1.165, 1.54) is 0 Å². The van der Waals surface area contributed by atoms with Gasteiger partial charge in [0, 0.05) is 5.69 Å². The van der Waals surface area contributed by atoms with E-state index in [9.17, 15) is 9.59 Å². The smallest absolute Gasteiger partial charge is 0.283 e. The van der Waals surface area contributed by atoms with Crippen LogP contribution in [-0.2, 0) is 9.59 Å². The summed E-state index contributed by atoms with van der Waals surface area (Å²) in [5.41, 5.74) is 4.87. The molecule has 0 bridgehead atoms. The van der Waals surface area contributed by atoms with Crippen LogP contribution in [0, 0.1) is 0 Å². The van der Waals surface area contributed by atoms with Crippen molar-refractivity contribution < 1.29 is 14.6 Å². The molecule has 1 amide bonds. The number of rotatable bonds is 3. The third-order valence-electron chi connectivity index (χ3n) is 3.33. The first-order chi connectivity index (χ1) is 10.3. The van der Waals surface area contributed by atoms with Crippen LogP contribution in [0.3, 0.4) is 0 Å². The topological polar surface area (TPSA) is 66.4 Å². The van der Waals surface area contributed by atoms with Gasteiger partial charge in [-0.05, 0) is 34.4 Å². The molecule has 2 N–H and O–H groups in total. The lowest BCUT2D eigenvalue weighted by Crippen LogP contribution is -1.99. The summed E-state index contributed by atoms with van der Waals surface area (Å²) in [6, 6.07) is 13.5. The number of hydrogen-bond acceptors (Lipinski definition) is 3. The lowest BCUT2D eigenvalue weighted by molar-refractivity contribution is -0.108. The van der Waals surface area contributed by atoms with E-state index in [2.05, 4.69) is 5.32 Å². The SMILES string of the molecule is C.C[B]O.O=CNc1ccc2c(c1)C(C=O)c1ccccc1-2. The molecule has 2 aromatic carbocycles. The highest BCUT2D eigenvalue weighted by molar-refractivity contribution is 6.22. The first kappa shape index (κ1) is 17.7. The summed E-state index contributed by atoms with van der Waals surface area (Å²) < 4.78 is 0. The summed E-state index contributed by atoms with van der Waals surface area (Å²) in [5.74, 6) is -0.232. The van der Waals surface area contributed by atoms with E-state index in [1.54, 1.807) is 6.82 Å². The molecule has 5 heteroatoms. The number of carbonyl (C=O) groups excluding carboxylic acids is 2. The number of aldehydes is 1. The Morgan fingerprint density at radius 3 is 2.36 bits per heavy atom. The van der Waals surface area contributed by atoms with E-state index >= 15 is 0 Å². The zero-order chi connectivity index (χ0) is 15.2. The maximum absolute atomic E-state index is 11.3. The highest BCUT2D eigenvalue weighted by Crippen LogP contribution is 2.44. The molecule has 0 saturated heterocycles. The van der Waals surface area contributed by atoms with Crippen molar-refractivity contribution in [2.45, 2.75) is 20.2 Å². The van der Waals surface area contributed by atoms with E-state index in [1.807, 2.05) is 42.5 Å². The Hall–Kier alpha value is -2.40. The Bertz CT molecular complexity index is 658. The van der Waals surface area contributed by atoms with Crippen molar-refractivity contribution in [3.8, 4) is 11.1 Å². The molecule has 3 rings (SSSR count). The van der Waals surface area contributed by atoms with Crippen LogP contribution >= 0.6 is 0 Å². The minimum Gasteiger partial charge on any atom is -0.455 e. The largest absolute Gasteiger partial charge is 0.455 e. The van der Waals surface area contributed by atoms with Crippen molar-refractivity contribution in [3.05, 3.63) is 53.6 Å². The summed E-state index contributed by atoms with van der Waals surface area (Å²) in [6.07, 6.45) is 1.59. The lowest BCUT2D eigenvalue weighted by atomic mass is 9.98. The molecule has 1 atom stereocenters. The average Bonchev–Trinajstić information content (AvgIpc) is 2.81. The predicted molar refractivity (Wildman–Crippen MR) is 90.0 cm³/mol. The summed E-state index contributed by atoms with van der Waals surface area (Å²) in [6.45, 7) is 1.56. The van der Waals surface area contributed by atoms with Crippen LogP contribution in [0.5, 0.6) is 0 Å². The van der Waals surface area contributed by atoms with E-state index in [-0.39, 0.29) is 13.3 Å². The van der Waals surface area contributed by atoms with Crippen LogP contribution < -0.4 is 5.32 Å². The van der Waals surface area contributed by atoms with Crippen LogP contribution in [-0.4, -0.2) is 25.2 Å². The molecule has 1 aliphatic carbocycles. The highest BCUT2D eigenvalue weighted by atomic mass is 16.2.